The van der Waals surface area contributed by atoms with Crippen LogP contribution in [0.25, 0.3) is 0 Å². The summed E-state index contributed by atoms with van der Waals surface area (Å²) in [6, 6.07) is 4.18. The van der Waals surface area contributed by atoms with Crippen molar-refractivity contribution in [2.24, 2.45) is 0 Å². The van der Waals surface area contributed by atoms with Crippen molar-refractivity contribution in [1.82, 2.24) is 20.5 Å². The maximum Gasteiger partial charge on any atom is 0.273 e. The lowest BCUT2D eigenvalue weighted by Crippen LogP contribution is -2.21. The molecule has 0 aliphatic carbocycles. The molecule has 0 saturated carbocycles. The number of sulfone groups is 1. The highest BCUT2D eigenvalue weighted by atomic mass is 32.2. The van der Waals surface area contributed by atoms with Crippen LogP contribution in [-0.4, -0.2) is 49.8 Å². The van der Waals surface area contributed by atoms with Crippen molar-refractivity contribution in [3.63, 3.8) is 0 Å². The number of aromatic nitrogens is 3. The number of carbonyl (C=O) groups excluding carboxylic acids is 1. The molecule has 2 aromatic rings. The molecule has 10 heteroatoms. The van der Waals surface area contributed by atoms with E-state index in [0.717, 1.165) is 6.26 Å². The second-order valence-corrected chi connectivity index (χ2v) is 6.42. The summed E-state index contributed by atoms with van der Waals surface area (Å²) in [5.74, 6) is -0.656. The predicted octanol–water partition coefficient (Wildman–Crippen LogP) is 0.420. The molecule has 2 rings (SSSR count). The van der Waals surface area contributed by atoms with Crippen LogP contribution in [0.4, 0.5) is 17.3 Å². The number of amides is 1. The molecule has 0 atom stereocenters. The minimum Gasteiger partial charge on any atom is -0.373 e. The molecule has 0 radical (unpaired) electrons. The molecule has 3 N–H and O–H groups in total. The SMILES string of the molecule is [2H]C([2H])([2H])NC(=O)c1nnccc1Nc1nc(NC)ccc1S(C)(=O)=O. The number of carbonyl (C=O) groups is 1. The van der Waals surface area contributed by atoms with Gasteiger partial charge in [0, 0.05) is 24.4 Å². The molecule has 1 amide bonds. The van der Waals surface area contributed by atoms with Gasteiger partial charge >= 0.3 is 0 Å². The van der Waals surface area contributed by atoms with Gasteiger partial charge in [-0.1, -0.05) is 0 Å². The van der Waals surface area contributed by atoms with E-state index < -0.39 is 22.7 Å². The van der Waals surface area contributed by atoms with Crippen molar-refractivity contribution >= 4 is 33.1 Å². The van der Waals surface area contributed by atoms with Gasteiger partial charge in [-0.05, 0) is 18.2 Å². The summed E-state index contributed by atoms with van der Waals surface area (Å²) in [7, 11) is -2.01. The molecule has 122 valence electrons. The van der Waals surface area contributed by atoms with Crippen LogP contribution in [-0.2, 0) is 9.84 Å². The first-order valence-electron chi connectivity index (χ1n) is 7.81. The fourth-order valence-electron chi connectivity index (χ4n) is 1.76. The summed E-state index contributed by atoms with van der Waals surface area (Å²) in [5.41, 5.74) is -0.271. The van der Waals surface area contributed by atoms with E-state index in [1.807, 2.05) is 0 Å². The highest BCUT2D eigenvalue weighted by Gasteiger charge is 2.19. The fraction of sp³-hybridized carbons (Fsp3) is 0.231. The topological polar surface area (TPSA) is 126 Å². The van der Waals surface area contributed by atoms with E-state index in [-0.39, 0.29) is 22.1 Å². The molecule has 0 unspecified atom stereocenters. The zero-order valence-electron chi connectivity index (χ0n) is 15.3. The van der Waals surface area contributed by atoms with Crippen LogP contribution in [0.5, 0.6) is 0 Å². The summed E-state index contributed by atoms with van der Waals surface area (Å²) < 4.78 is 45.3. The number of nitrogens with zero attached hydrogens (tertiary/aromatic N) is 3. The lowest BCUT2D eigenvalue weighted by molar-refractivity contribution is 0.0958. The summed E-state index contributed by atoms with van der Waals surface area (Å²) in [5, 5.41) is 14.5. The Balaban J connectivity index is 2.48. The first-order chi connectivity index (χ1) is 12.0. The Morgan fingerprint density at radius 1 is 1.30 bits per heavy atom. The van der Waals surface area contributed by atoms with Crippen molar-refractivity contribution < 1.29 is 17.3 Å². The van der Waals surface area contributed by atoms with Crippen LogP contribution >= 0.6 is 0 Å². The number of rotatable bonds is 5. The molecule has 2 aromatic heterocycles. The van der Waals surface area contributed by atoms with E-state index in [4.69, 9.17) is 4.11 Å². The number of pyridine rings is 1. The minimum absolute atomic E-state index is 0.0460. The minimum atomic E-state index is -3.62. The Labute approximate surface area is 137 Å². The zero-order chi connectivity index (χ0) is 19.5. The first kappa shape index (κ1) is 12.8. The Morgan fingerprint density at radius 3 is 2.74 bits per heavy atom. The van der Waals surface area contributed by atoms with Gasteiger partial charge in [0.05, 0.1) is 11.9 Å². The lowest BCUT2D eigenvalue weighted by atomic mass is 10.3. The summed E-state index contributed by atoms with van der Waals surface area (Å²) in [4.78, 5) is 16.1. The number of hydrogen-bond donors (Lipinski definition) is 3. The van der Waals surface area contributed by atoms with Crippen LogP contribution < -0.4 is 16.0 Å². The van der Waals surface area contributed by atoms with Crippen molar-refractivity contribution in [3.05, 3.63) is 30.1 Å². The van der Waals surface area contributed by atoms with E-state index in [0.29, 0.717) is 5.82 Å². The molecule has 0 aliphatic heterocycles. The fourth-order valence-corrected chi connectivity index (χ4v) is 2.52. The van der Waals surface area contributed by atoms with Gasteiger partial charge in [0.1, 0.15) is 10.7 Å². The molecule has 0 spiro atoms. The molecular weight excluding hydrogens is 320 g/mol. The Bertz CT molecular complexity index is 933. The maximum absolute atomic E-state index is 12.1. The number of anilines is 3. The van der Waals surface area contributed by atoms with Gasteiger partial charge in [-0.3, -0.25) is 4.79 Å². The number of nitrogens with one attached hydrogen (secondary N) is 3. The predicted molar refractivity (Wildman–Crippen MR) is 85.6 cm³/mol. The molecule has 0 aliphatic rings. The maximum atomic E-state index is 12.1. The summed E-state index contributed by atoms with van der Waals surface area (Å²) in [6.45, 7) is -2.71. The van der Waals surface area contributed by atoms with Gasteiger partial charge in [-0.25, -0.2) is 13.4 Å². The third-order valence-electron chi connectivity index (χ3n) is 2.82. The average Bonchev–Trinajstić information content (AvgIpc) is 2.52. The molecule has 0 saturated heterocycles. The molecule has 0 fully saturated rings. The second-order valence-electron chi connectivity index (χ2n) is 4.44. The average molecular weight is 339 g/mol. The standard InChI is InChI=1S/C13H16N6O3S/c1-14-10-5-4-9(23(3,21)22)12(18-10)17-8-6-7-16-19-11(8)13(20)15-2/h4-7H,1-3H3,(H,15,20)(H2,14,16,17,18)/i2D3. The van der Waals surface area contributed by atoms with Gasteiger partial charge in [0.25, 0.3) is 5.91 Å². The first-order valence-corrected chi connectivity index (χ1v) is 8.20. The largest absolute Gasteiger partial charge is 0.373 e. The normalized spacial score (nSPS) is 13.4. The van der Waals surface area contributed by atoms with Gasteiger partial charge in [-0.15, -0.1) is 5.10 Å². The van der Waals surface area contributed by atoms with E-state index in [1.165, 1.54) is 24.4 Å². The summed E-state index contributed by atoms with van der Waals surface area (Å²) >= 11 is 0. The van der Waals surface area contributed by atoms with Gasteiger partial charge in [0.15, 0.2) is 21.3 Å². The Kier molecular flexibility index (Phi) is 3.64. The third-order valence-corrected chi connectivity index (χ3v) is 3.94. The van der Waals surface area contributed by atoms with E-state index in [1.54, 1.807) is 12.4 Å². The van der Waals surface area contributed by atoms with E-state index >= 15 is 0 Å². The number of hydrogen-bond acceptors (Lipinski definition) is 8. The monoisotopic (exact) mass is 339 g/mol. The second kappa shape index (κ2) is 6.57. The van der Waals surface area contributed by atoms with Crippen LogP contribution in [0.1, 0.15) is 14.6 Å². The van der Waals surface area contributed by atoms with Gasteiger partial charge in [0.2, 0.25) is 0 Å². The van der Waals surface area contributed by atoms with Gasteiger partial charge < -0.3 is 16.0 Å². The van der Waals surface area contributed by atoms with Crippen molar-refractivity contribution in [2.45, 2.75) is 4.90 Å². The molecule has 0 bridgehead atoms. The highest BCUT2D eigenvalue weighted by molar-refractivity contribution is 7.90. The summed E-state index contributed by atoms with van der Waals surface area (Å²) in [6.07, 6.45) is 2.28. The smallest absolute Gasteiger partial charge is 0.273 e. The molecule has 0 aromatic carbocycles. The Hall–Kier alpha value is -2.75. The quantitative estimate of drug-likeness (QED) is 0.715. The van der Waals surface area contributed by atoms with Crippen molar-refractivity contribution in [3.8, 4) is 0 Å². The zero-order valence-corrected chi connectivity index (χ0v) is 13.1. The van der Waals surface area contributed by atoms with E-state index in [9.17, 15) is 13.2 Å². The van der Waals surface area contributed by atoms with Crippen LogP contribution in [0, 0.1) is 0 Å². The van der Waals surface area contributed by atoms with E-state index in [2.05, 4.69) is 25.8 Å². The Morgan fingerprint density at radius 2 is 2.09 bits per heavy atom. The third kappa shape index (κ3) is 3.72. The van der Waals surface area contributed by atoms with Crippen LogP contribution in [0.2, 0.25) is 0 Å². The molecule has 9 nitrogen and oxygen atoms in total. The van der Waals surface area contributed by atoms with Crippen LogP contribution in [0.15, 0.2) is 29.3 Å². The molecular formula is C13H16N6O3S. The van der Waals surface area contributed by atoms with Crippen LogP contribution in [0.3, 0.4) is 0 Å². The molecule has 2 heterocycles. The molecule has 23 heavy (non-hydrogen) atoms. The highest BCUT2D eigenvalue weighted by Crippen LogP contribution is 2.25. The van der Waals surface area contributed by atoms with Crippen molar-refractivity contribution in [1.29, 1.82) is 0 Å². The van der Waals surface area contributed by atoms with Crippen molar-refractivity contribution in [2.75, 3.05) is 30.9 Å². The lowest BCUT2D eigenvalue weighted by Gasteiger charge is -2.13. The van der Waals surface area contributed by atoms with Gasteiger partial charge in [-0.2, -0.15) is 5.10 Å².